The average Bonchev–Trinajstić information content (AvgIpc) is 2.77. The largest absolute Gasteiger partial charge is 0.392 e. The lowest BCUT2D eigenvalue weighted by atomic mass is 10.1. The van der Waals surface area contributed by atoms with Gasteiger partial charge in [-0.1, -0.05) is 39.7 Å². The molecule has 0 saturated carbocycles. The van der Waals surface area contributed by atoms with Crippen molar-refractivity contribution in [2.45, 2.75) is 18.9 Å². The maximum Gasteiger partial charge on any atom is 0.255 e. The summed E-state index contributed by atoms with van der Waals surface area (Å²) < 4.78 is 0.844. The van der Waals surface area contributed by atoms with Gasteiger partial charge in [0.1, 0.15) is 0 Å². The molecular weight excluding hydrogens is 336 g/mol. The van der Waals surface area contributed by atoms with Crippen molar-refractivity contribution < 1.29 is 4.79 Å². The molecule has 1 amide bonds. The fourth-order valence-electron chi connectivity index (χ4n) is 2.12. The molecule has 1 aromatic carbocycles. The lowest BCUT2D eigenvalue weighted by molar-refractivity contribution is 0.0770. The Morgan fingerprint density at radius 1 is 1.56 bits per heavy atom. The summed E-state index contributed by atoms with van der Waals surface area (Å²) in [6, 6.07) is 5.07. The van der Waals surface area contributed by atoms with Gasteiger partial charge in [-0.3, -0.25) is 4.79 Å². The zero-order valence-electron chi connectivity index (χ0n) is 9.53. The Kier molecular flexibility index (Phi) is 4.25. The van der Waals surface area contributed by atoms with E-state index in [0.29, 0.717) is 22.1 Å². The van der Waals surface area contributed by atoms with E-state index in [-0.39, 0.29) is 11.9 Å². The highest BCUT2D eigenvalue weighted by atomic mass is 79.9. The van der Waals surface area contributed by atoms with E-state index < -0.39 is 0 Å². The Bertz CT molecular complexity index is 509. The van der Waals surface area contributed by atoms with Crippen molar-refractivity contribution in [3.05, 3.63) is 33.3 Å². The smallest absolute Gasteiger partial charge is 0.255 e. The number of nitrogens with zero attached hydrogens (tertiary/aromatic N) is 1. The molecule has 0 radical (unpaired) electrons. The van der Waals surface area contributed by atoms with Crippen molar-refractivity contribution in [1.82, 2.24) is 4.90 Å². The zero-order valence-corrected chi connectivity index (χ0v) is 12.7. The minimum Gasteiger partial charge on any atom is -0.392 e. The van der Waals surface area contributed by atoms with Gasteiger partial charge in [0.25, 0.3) is 5.91 Å². The molecule has 0 bridgehead atoms. The SMILES string of the molecule is NC(=S)C1CCCN1C(=O)c1ccc(Br)cc1Cl. The van der Waals surface area contributed by atoms with Crippen LogP contribution in [0.5, 0.6) is 0 Å². The molecule has 96 valence electrons. The van der Waals surface area contributed by atoms with Gasteiger partial charge in [-0.2, -0.15) is 0 Å². The summed E-state index contributed by atoms with van der Waals surface area (Å²) in [4.78, 5) is 14.5. The van der Waals surface area contributed by atoms with Gasteiger partial charge in [0.05, 0.1) is 21.6 Å². The summed E-state index contributed by atoms with van der Waals surface area (Å²) >= 11 is 14.4. The van der Waals surface area contributed by atoms with Crippen LogP contribution in [0.15, 0.2) is 22.7 Å². The van der Waals surface area contributed by atoms with Crippen LogP contribution in [0.25, 0.3) is 0 Å². The molecule has 6 heteroatoms. The van der Waals surface area contributed by atoms with Crippen molar-refractivity contribution in [1.29, 1.82) is 0 Å². The summed E-state index contributed by atoms with van der Waals surface area (Å²) in [5.41, 5.74) is 6.15. The molecule has 1 fully saturated rings. The van der Waals surface area contributed by atoms with Gasteiger partial charge < -0.3 is 10.6 Å². The Morgan fingerprint density at radius 2 is 2.28 bits per heavy atom. The first-order valence-electron chi connectivity index (χ1n) is 5.56. The number of hydrogen-bond donors (Lipinski definition) is 1. The van der Waals surface area contributed by atoms with Gasteiger partial charge in [-0.05, 0) is 31.0 Å². The highest BCUT2D eigenvalue weighted by Crippen LogP contribution is 2.26. The molecule has 1 unspecified atom stereocenters. The fourth-order valence-corrected chi connectivity index (χ4v) is 3.12. The normalized spacial score (nSPS) is 19.0. The molecule has 1 aromatic rings. The number of thiocarbonyl (C=S) groups is 1. The predicted molar refractivity (Wildman–Crippen MR) is 80.0 cm³/mol. The van der Waals surface area contributed by atoms with E-state index in [1.54, 1.807) is 23.1 Å². The average molecular weight is 348 g/mol. The number of rotatable bonds is 2. The fraction of sp³-hybridized carbons (Fsp3) is 0.333. The second kappa shape index (κ2) is 5.55. The molecule has 3 nitrogen and oxygen atoms in total. The summed E-state index contributed by atoms with van der Waals surface area (Å²) in [7, 11) is 0. The van der Waals surface area contributed by atoms with Crippen molar-refractivity contribution in [2.75, 3.05) is 6.54 Å². The molecule has 2 N–H and O–H groups in total. The highest BCUT2D eigenvalue weighted by Gasteiger charge is 2.31. The number of carbonyl (C=O) groups excluding carboxylic acids is 1. The molecule has 1 aliphatic rings. The van der Waals surface area contributed by atoms with Crippen LogP contribution in [0, 0.1) is 0 Å². The summed E-state index contributed by atoms with van der Waals surface area (Å²) in [5.74, 6) is -0.109. The third-order valence-corrected chi connectivity index (χ3v) is 4.08. The third-order valence-electron chi connectivity index (χ3n) is 3.00. The quantitative estimate of drug-likeness (QED) is 0.837. The standard InChI is InChI=1S/C12H12BrClN2OS/c13-7-3-4-8(9(14)6-7)12(17)16-5-1-2-10(16)11(15)18/h3-4,6,10H,1-2,5H2,(H2,15,18). The van der Waals surface area contributed by atoms with Gasteiger partial charge in [-0.25, -0.2) is 0 Å². The molecule has 0 spiro atoms. The second-order valence-electron chi connectivity index (χ2n) is 4.18. The number of benzene rings is 1. The Morgan fingerprint density at radius 3 is 2.89 bits per heavy atom. The van der Waals surface area contributed by atoms with E-state index in [2.05, 4.69) is 15.9 Å². The number of hydrogen-bond acceptors (Lipinski definition) is 2. The summed E-state index contributed by atoms with van der Waals surface area (Å²) in [5, 5.41) is 0.433. The van der Waals surface area contributed by atoms with E-state index in [0.717, 1.165) is 17.3 Å². The monoisotopic (exact) mass is 346 g/mol. The van der Waals surface area contributed by atoms with E-state index in [4.69, 9.17) is 29.6 Å². The lowest BCUT2D eigenvalue weighted by Crippen LogP contribution is -2.42. The molecule has 0 aromatic heterocycles. The molecule has 18 heavy (non-hydrogen) atoms. The van der Waals surface area contributed by atoms with Gasteiger partial charge in [0.2, 0.25) is 0 Å². The van der Waals surface area contributed by atoms with Gasteiger partial charge >= 0.3 is 0 Å². The first kappa shape index (κ1) is 13.8. The highest BCUT2D eigenvalue weighted by molar-refractivity contribution is 9.10. The van der Waals surface area contributed by atoms with Crippen molar-refractivity contribution in [2.24, 2.45) is 5.73 Å². The molecule has 1 aliphatic heterocycles. The Labute approximate surface area is 124 Å². The lowest BCUT2D eigenvalue weighted by Gasteiger charge is -2.24. The van der Waals surface area contributed by atoms with Crippen LogP contribution in [-0.4, -0.2) is 28.4 Å². The van der Waals surface area contributed by atoms with E-state index in [9.17, 15) is 4.79 Å². The number of likely N-dealkylation sites (tertiary alicyclic amines) is 1. The maximum absolute atomic E-state index is 12.4. The van der Waals surface area contributed by atoms with E-state index >= 15 is 0 Å². The van der Waals surface area contributed by atoms with Gasteiger partial charge in [0, 0.05) is 11.0 Å². The van der Waals surface area contributed by atoms with Crippen LogP contribution in [-0.2, 0) is 0 Å². The minimum absolute atomic E-state index is 0.109. The van der Waals surface area contributed by atoms with Crippen LogP contribution in [0.3, 0.4) is 0 Å². The zero-order chi connectivity index (χ0) is 13.3. The maximum atomic E-state index is 12.4. The molecule has 2 rings (SSSR count). The van der Waals surface area contributed by atoms with Crippen LogP contribution in [0.4, 0.5) is 0 Å². The Hall–Kier alpha value is -0.650. The summed E-state index contributed by atoms with van der Waals surface area (Å²) in [6.45, 7) is 0.674. The summed E-state index contributed by atoms with van der Waals surface area (Å²) in [6.07, 6.45) is 1.75. The number of nitrogens with two attached hydrogens (primary N) is 1. The molecular formula is C12H12BrClN2OS. The minimum atomic E-state index is -0.146. The van der Waals surface area contributed by atoms with Crippen LogP contribution >= 0.6 is 39.7 Å². The number of halogens is 2. The van der Waals surface area contributed by atoms with Crippen LogP contribution < -0.4 is 5.73 Å². The topological polar surface area (TPSA) is 46.3 Å². The molecule has 1 atom stereocenters. The van der Waals surface area contributed by atoms with Crippen molar-refractivity contribution in [3.8, 4) is 0 Å². The number of carbonyl (C=O) groups is 1. The number of amides is 1. The van der Waals surface area contributed by atoms with Gasteiger partial charge in [0.15, 0.2) is 0 Å². The first-order chi connectivity index (χ1) is 8.50. The second-order valence-corrected chi connectivity index (χ2v) is 5.98. The van der Waals surface area contributed by atoms with E-state index in [1.165, 1.54) is 0 Å². The van der Waals surface area contributed by atoms with Crippen molar-refractivity contribution >= 4 is 50.6 Å². The Balaban J connectivity index is 2.28. The molecule has 0 aliphatic carbocycles. The molecule has 1 heterocycles. The van der Waals surface area contributed by atoms with E-state index in [1.807, 2.05) is 0 Å². The van der Waals surface area contributed by atoms with Crippen molar-refractivity contribution in [3.63, 3.8) is 0 Å². The van der Waals surface area contributed by atoms with Crippen LogP contribution in [0.2, 0.25) is 5.02 Å². The van der Waals surface area contributed by atoms with Crippen LogP contribution in [0.1, 0.15) is 23.2 Å². The van der Waals surface area contributed by atoms with Gasteiger partial charge in [-0.15, -0.1) is 0 Å². The molecule has 1 saturated heterocycles. The first-order valence-corrected chi connectivity index (χ1v) is 7.14. The predicted octanol–water partition coefficient (Wildman–Crippen LogP) is 2.99. The third kappa shape index (κ3) is 2.68.